The van der Waals surface area contributed by atoms with Crippen LogP contribution in [0.2, 0.25) is 0 Å². The van der Waals surface area contributed by atoms with Crippen molar-refractivity contribution in [3.63, 3.8) is 0 Å². The van der Waals surface area contributed by atoms with E-state index in [1.54, 1.807) is 0 Å². The Morgan fingerprint density at radius 1 is 1.11 bits per heavy atom. The molecular formula is C7H12O2. The maximum atomic E-state index is 5.58. The van der Waals surface area contributed by atoms with Crippen LogP contribution in [-0.2, 0) is 9.47 Å². The quantitative estimate of drug-likeness (QED) is 0.483. The monoisotopic (exact) mass is 128 g/mol. The van der Waals surface area contributed by atoms with Crippen LogP contribution >= 0.6 is 0 Å². The molecule has 0 amide bonds. The standard InChI is InChI=1S/C7H12O2/c1-2-7(9-4-1)3-5-8-6-7/h1-6H2/t7-/m0/s1. The van der Waals surface area contributed by atoms with Gasteiger partial charge in [0, 0.05) is 19.6 Å². The molecule has 52 valence electrons. The highest BCUT2D eigenvalue weighted by Gasteiger charge is 2.38. The first kappa shape index (κ1) is 5.69. The lowest BCUT2D eigenvalue weighted by atomic mass is 10.0. The lowest BCUT2D eigenvalue weighted by Crippen LogP contribution is -2.27. The smallest absolute Gasteiger partial charge is 0.0937 e. The Balaban J connectivity index is 2.04. The second kappa shape index (κ2) is 1.96. The predicted octanol–water partition coefficient (Wildman–Crippen LogP) is 0.956. The topological polar surface area (TPSA) is 18.5 Å². The van der Waals surface area contributed by atoms with Gasteiger partial charge in [0.1, 0.15) is 0 Å². The Morgan fingerprint density at radius 2 is 2.11 bits per heavy atom. The minimum absolute atomic E-state index is 0.167. The molecule has 2 saturated heterocycles. The molecule has 2 heteroatoms. The van der Waals surface area contributed by atoms with E-state index in [1.807, 2.05) is 0 Å². The zero-order valence-corrected chi connectivity index (χ0v) is 5.56. The van der Waals surface area contributed by atoms with E-state index < -0.39 is 0 Å². The fourth-order valence-corrected chi connectivity index (χ4v) is 1.65. The third kappa shape index (κ3) is 0.864. The molecule has 0 radical (unpaired) electrons. The van der Waals surface area contributed by atoms with E-state index >= 15 is 0 Å². The van der Waals surface area contributed by atoms with Gasteiger partial charge in [0.2, 0.25) is 0 Å². The van der Waals surface area contributed by atoms with E-state index in [1.165, 1.54) is 12.8 Å². The normalized spacial score (nSPS) is 42.7. The molecule has 2 nitrogen and oxygen atoms in total. The Bertz CT molecular complexity index is 82.0. The zero-order chi connectivity index (χ0) is 6.16. The highest BCUT2D eigenvalue weighted by Crippen LogP contribution is 2.32. The van der Waals surface area contributed by atoms with Crippen LogP contribution in [0.3, 0.4) is 0 Å². The van der Waals surface area contributed by atoms with Gasteiger partial charge in [-0.3, -0.25) is 0 Å². The van der Waals surface area contributed by atoms with Gasteiger partial charge in [0.25, 0.3) is 0 Å². The van der Waals surface area contributed by atoms with Crippen molar-refractivity contribution >= 4 is 0 Å². The molecule has 9 heavy (non-hydrogen) atoms. The molecule has 2 aliphatic rings. The molecule has 0 bridgehead atoms. The van der Waals surface area contributed by atoms with Gasteiger partial charge < -0.3 is 9.47 Å². The molecule has 2 heterocycles. The van der Waals surface area contributed by atoms with E-state index in [0.29, 0.717) is 0 Å². The number of ether oxygens (including phenoxy) is 2. The SMILES string of the molecule is C1CO[C@@]2(C1)CCOC2. The number of rotatable bonds is 0. The van der Waals surface area contributed by atoms with Gasteiger partial charge in [-0.15, -0.1) is 0 Å². The van der Waals surface area contributed by atoms with Crippen LogP contribution < -0.4 is 0 Å². The van der Waals surface area contributed by atoms with Crippen LogP contribution in [0, 0.1) is 0 Å². The van der Waals surface area contributed by atoms with Crippen LogP contribution in [0.5, 0.6) is 0 Å². The lowest BCUT2D eigenvalue weighted by molar-refractivity contribution is -0.00312. The molecule has 1 atom stereocenters. The highest BCUT2D eigenvalue weighted by molar-refractivity contribution is 4.88. The first-order chi connectivity index (χ1) is 4.41. The Kier molecular flexibility index (Phi) is 1.24. The van der Waals surface area contributed by atoms with Gasteiger partial charge in [0.05, 0.1) is 12.2 Å². The van der Waals surface area contributed by atoms with Crippen molar-refractivity contribution in [2.45, 2.75) is 24.9 Å². The molecule has 1 spiro atoms. The second-order valence-electron chi connectivity index (χ2n) is 2.94. The molecule has 2 aliphatic heterocycles. The molecule has 0 saturated carbocycles. The summed E-state index contributed by atoms with van der Waals surface area (Å²) in [6, 6.07) is 0. The van der Waals surface area contributed by atoms with Crippen LogP contribution in [0.4, 0.5) is 0 Å². The van der Waals surface area contributed by atoms with Gasteiger partial charge in [-0.25, -0.2) is 0 Å². The lowest BCUT2D eigenvalue weighted by Gasteiger charge is -2.18. The third-order valence-electron chi connectivity index (χ3n) is 2.25. The van der Waals surface area contributed by atoms with Crippen molar-refractivity contribution in [2.24, 2.45) is 0 Å². The maximum Gasteiger partial charge on any atom is 0.0937 e. The summed E-state index contributed by atoms with van der Waals surface area (Å²) in [7, 11) is 0. The fraction of sp³-hybridized carbons (Fsp3) is 1.00. The summed E-state index contributed by atoms with van der Waals surface area (Å²) < 4.78 is 10.8. The van der Waals surface area contributed by atoms with Gasteiger partial charge in [-0.05, 0) is 12.8 Å². The molecule has 2 fully saturated rings. The number of hydrogen-bond donors (Lipinski definition) is 0. The largest absolute Gasteiger partial charge is 0.378 e. The van der Waals surface area contributed by atoms with Crippen molar-refractivity contribution in [2.75, 3.05) is 19.8 Å². The summed E-state index contributed by atoms with van der Waals surface area (Å²) in [5.41, 5.74) is 0.167. The first-order valence-electron chi connectivity index (χ1n) is 3.63. The molecule has 0 aromatic heterocycles. The van der Waals surface area contributed by atoms with Crippen LogP contribution in [0.1, 0.15) is 19.3 Å². The summed E-state index contributed by atoms with van der Waals surface area (Å²) in [4.78, 5) is 0. The number of hydrogen-bond acceptors (Lipinski definition) is 2. The zero-order valence-electron chi connectivity index (χ0n) is 5.56. The summed E-state index contributed by atoms with van der Waals surface area (Å²) in [6.45, 7) is 2.69. The molecule has 0 N–H and O–H groups in total. The summed E-state index contributed by atoms with van der Waals surface area (Å²) in [5, 5.41) is 0. The molecule has 0 unspecified atom stereocenters. The Labute approximate surface area is 55.1 Å². The minimum Gasteiger partial charge on any atom is -0.378 e. The molecule has 0 aromatic rings. The molecular weight excluding hydrogens is 116 g/mol. The van der Waals surface area contributed by atoms with Crippen LogP contribution in [-0.4, -0.2) is 25.4 Å². The fourth-order valence-electron chi connectivity index (χ4n) is 1.65. The van der Waals surface area contributed by atoms with E-state index in [-0.39, 0.29) is 5.60 Å². The average molecular weight is 128 g/mol. The summed E-state index contributed by atoms with van der Waals surface area (Å²) in [5.74, 6) is 0. The maximum absolute atomic E-state index is 5.58. The predicted molar refractivity (Wildman–Crippen MR) is 33.4 cm³/mol. The van der Waals surface area contributed by atoms with Crippen LogP contribution in [0.15, 0.2) is 0 Å². The third-order valence-corrected chi connectivity index (χ3v) is 2.25. The van der Waals surface area contributed by atoms with Gasteiger partial charge >= 0.3 is 0 Å². The average Bonchev–Trinajstić information content (AvgIpc) is 2.45. The van der Waals surface area contributed by atoms with Crippen molar-refractivity contribution in [3.8, 4) is 0 Å². The summed E-state index contributed by atoms with van der Waals surface area (Å²) in [6.07, 6.45) is 3.56. The first-order valence-corrected chi connectivity index (χ1v) is 3.63. The van der Waals surface area contributed by atoms with Gasteiger partial charge in [-0.2, -0.15) is 0 Å². The van der Waals surface area contributed by atoms with Crippen molar-refractivity contribution in [1.29, 1.82) is 0 Å². The second-order valence-corrected chi connectivity index (χ2v) is 2.94. The van der Waals surface area contributed by atoms with E-state index in [4.69, 9.17) is 9.47 Å². The minimum atomic E-state index is 0.167. The van der Waals surface area contributed by atoms with Gasteiger partial charge in [0.15, 0.2) is 0 Å². The molecule has 2 rings (SSSR count). The van der Waals surface area contributed by atoms with Crippen LogP contribution in [0.25, 0.3) is 0 Å². The molecule has 0 aromatic carbocycles. The van der Waals surface area contributed by atoms with Crippen molar-refractivity contribution in [3.05, 3.63) is 0 Å². The Morgan fingerprint density at radius 3 is 2.67 bits per heavy atom. The summed E-state index contributed by atoms with van der Waals surface area (Å²) >= 11 is 0. The van der Waals surface area contributed by atoms with E-state index in [9.17, 15) is 0 Å². The van der Waals surface area contributed by atoms with E-state index in [2.05, 4.69) is 0 Å². The van der Waals surface area contributed by atoms with Crippen molar-refractivity contribution < 1.29 is 9.47 Å². The molecule has 0 aliphatic carbocycles. The van der Waals surface area contributed by atoms with E-state index in [0.717, 1.165) is 26.2 Å². The highest BCUT2D eigenvalue weighted by atomic mass is 16.6. The Hall–Kier alpha value is -0.0800. The van der Waals surface area contributed by atoms with Crippen molar-refractivity contribution in [1.82, 2.24) is 0 Å². The van der Waals surface area contributed by atoms with Gasteiger partial charge in [-0.1, -0.05) is 0 Å².